The van der Waals surface area contributed by atoms with Crippen LogP contribution < -0.4 is 0 Å². The molecule has 3 aromatic rings. The largest absolute Gasteiger partial charge is 0.340 e. The molecule has 1 fully saturated rings. The molecule has 1 unspecified atom stereocenters. The lowest BCUT2D eigenvalue weighted by atomic mass is 10.0. The highest BCUT2D eigenvalue weighted by molar-refractivity contribution is 7.10. The van der Waals surface area contributed by atoms with E-state index in [1.807, 2.05) is 46.7 Å². The smallest absolute Gasteiger partial charge is 0.228 e. The van der Waals surface area contributed by atoms with Crippen LogP contribution in [0.1, 0.15) is 36.0 Å². The molecule has 0 radical (unpaired) electrons. The molecule has 1 amide bonds. The number of nitrogens with zero attached hydrogens (tertiary/aromatic N) is 2. The topological polar surface area (TPSA) is 49.0 Å². The molecule has 1 aliphatic rings. The predicted molar refractivity (Wildman–Crippen MR) is 92.4 cm³/mol. The number of imidazole rings is 1. The molecule has 4 rings (SSSR count). The van der Waals surface area contributed by atoms with Crippen LogP contribution in [0.15, 0.2) is 41.8 Å². The first-order chi connectivity index (χ1) is 11.3. The van der Waals surface area contributed by atoms with Crippen LogP contribution in [0.5, 0.6) is 0 Å². The summed E-state index contributed by atoms with van der Waals surface area (Å²) in [5, 5.41) is 2.02. The van der Waals surface area contributed by atoms with E-state index in [2.05, 4.69) is 4.98 Å². The number of H-pyrrole nitrogens is 1. The van der Waals surface area contributed by atoms with E-state index in [4.69, 9.17) is 4.98 Å². The van der Waals surface area contributed by atoms with Crippen LogP contribution in [-0.4, -0.2) is 27.3 Å². The molecule has 0 bridgehead atoms. The number of carbonyl (C=O) groups is 1. The Morgan fingerprint density at radius 3 is 3.00 bits per heavy atom. The summed E-state index contributed by atoms with van der Waals surface area (Å²) in [7, 11) is 0. The van der Waals surface area contributed by atoms with E-state index in [1.54, 1.807) is 11.3 Å². The predicted octanol–water partition coefficient (Wildman–Crippen LogP) is 3.92. The fourth-order valence-corrected chi connectivity index (χ4v) is 4.00. The number of amides is 1. The highest BCUT2D eigenvalue weighted by atomic mass is 32.1. The zero-order valence-electron chi connectivity index (χ0n) is 12.9. The van der Waals surface area contributed by atoms with Crippen LogP contribution >= 0.6 is 11.3 Å². The summed E-state index contributed by atoms with van der Waals surface area (Å²) in [5.74, 6) is 1.13. The fraction of sp³-hybridized carbons (Fsp3) is 0.333. The van der Waals surface area contributed by atoms with E-state index >= 15 is 0 Å². The van der Waals surface area contributed by atoms with Crippen molar-refractivity contribution < 1.29 is 4.79 Å². The minimum atomic E-state index is 0.0728. The number of piperidine rings is 1. The van der Waals surface area contributed by atoms with Gasteiger partial charge in [-0.25, -0.2) is 4.98 Å². The summed E-state index contributed by atoms with van der Waals surface area (Å²) in [6.45, 7) is 0.825. The van der Waals surface area contributed by atoms with E-state index in [0.29, 0.717) is 6.42 Å². The molecule has 0 aliphatic carbocycles. The highest BCUT2D eigenvalue weighted by Crippen LogP contribution is 2.31. The maximum Gasteiger partial charge on any atom is 0.228 e. The van der Waals surface area contributed by atoms with Crippen LogP contribution in [0.25, 0.3) is 11.0 Å². The maximum atomic E-state index is 12.8. The molecule has 0 spiro atoms. The van der Waals surface area contributed by atoms with Gasteiger partial charge >= 0.3 is 0 Å². The minimum Gasteiger partial charge on any atom is -0.340 e. The molecular formula is C18H19N3OS. The van der Waals surface area contributed by atoms with Gasteiger partial charge in [-0.05, 0) is 42.8 Å². The van der Waals surface area contributed by atoms with Crippen molar-refractivity contribution in [1.82, 2.24) is 14.9 Å². The average molecular weight is 325 g/mol. The van der Waals surface area contributed by atoms with Crippen LogP contribution in [0.2, 0.25) is 0 Å². The SMILES string of the molecule is O=C(Cc1cccs1)N1CCCCC1c1nc2ccccc2[nH]1. The van der Waals surface area contributed by atoms with E-state index in [-0.39, 0.29) is 11.9 Å². The van der Waals surface area contributed by atoms with Gasteiger partial charge in [0.15, 0.2) is 0 Å². The van der Waals surface area contributed by atoms with E-state index in [1.165, 1.54) is 0 Å². The number of likely N-dealkylation sites (tertiary alicyclic amines) is 1. The van der Waals surface area contributed by atoms with Gasteiger partial charge in [0, 0.05) is 11.4 Å². The van der Waals surface area contributed by atoms with Gasteiger partial charge in [0.1, 0.15) is 5.82 Å². The molecular weight excluding hydrogens is 306 g/mol. The number of para-hydroxylation sites is 2. The van der Waals surface area contributed by atoms with Gasteiger partial charge in [-0.2, -0.15) is 0 Å². The lowest BCUT2D eigenvalue weighted by molar-refractivity contribution is -0.134. The minimum absolute atomic E-state index is 0.0728. The van der Waals surface area contributed by atoms with Crippen LogP contribution in [-0.2, 0) is 11.2 Å². The zero-order valence-corrected chi connectivity index (χ0v) is 13.7. The molecule has 3 heterocycles. The van der Waals surface area contributed by atoms with Gasteiger partial charge in [-0.1, -0.05) is 18.2 Å². The second kappa shape index (κ2) is 6.16. The third kappa shape index (κ3) is 2.88. The summed E-state index contributed by atoms with van der Waals surface area (Å²) in [6.07, 6.45) is 3.70. The summed E-state index contributed by atoms with van der Waals surface area (Å²) in [6, 6.07) is 12.1. The van der Waals surface area contributed by atoms with Crippen molar-refractivity contribution in [3.8, 4) is 0 Å². The standard InChI is InChI=1S/C18H19N3OS/c22-17(12-13-6-5-11-23-13)21-10-4-3-9-16(21)18-19-14-7-1-2-8-15(14)20-18/h1-2,5-8,11,16H,3-4,9-10,12H2,(H,19,20). The summed E-state index contributed by atoms with van der Waals surface area (Å²) >= 11 is 1.65. The van der Waals surface area contributed by atoms with E-state index in [9.17, 15) is 4.79 Å². The Balaban J connectivity index is 1.60. The van der Waals surface area contributed by atoms with E-state index in [0.717, 1.165) is 47.5 Å². The normalized spacial score (nSPS) is 18.4. The molecule has 1 saturated heterocycles. The Hall–Kier alpha value is -2.14. The van der Waals surface area contributed by atoms with Gasteiger partial charge in [0.25, 0.3) is 0 Å². The maximum absolute atomic E-state index is 12.8. The number of hydrogen-bond acceptors (Lipinski definition) is 3. The highest BCUT2D eigenvalue weighted by Gasteiger charge is 2.30. The molecule has 118 valence electrons. The Morgan fingerprint density at radius 1 is 1.26 bits per heavy atom. The lowest BCUT2D eigenvalue weighted by Crippen LogP contribution is -2.39. The molecule has 1 aromatic carbocycles. The van der Waals surface area contributed by atoms with Crippen molar-refractivity contribution in [1.29, 1.82) is 0 Å². The number of fused-ring (bicyclic) bond motifs is 1. The van der Waals surface area contributed by atoms with E-state index < -0.39 is 0 Å². The number of nitrogens with one attached hydrogen (secondary N) is 1. The van der Waals surface area contributed by atoms with Gasteiger partial charge < -0.3 is 9.88 Å². The molecule has 1 N–H and O–H groups in total. The van der Waals surface area contributed by atoms with Crippen molar-refractivity contribution in [2.75, 3.05) is 6.54 Å². The van der Waals surface area contributed by atoms with Crippen molar-refractivity contribution in [2.24, 2.45) is 0 Å². The number of aromatic nitrogens is 2. The molecule has 0 saturated carbocycles. The van der Waals surface area contributed by atoms with Crippen molar-refractivity contribution in [3.63, 3.8) is 0 Å². The first-order valence-corrected chi connectivity index (χ1v) is 8.96. The number of aromatic amines is 1. The van der Waals surface area contributed by atoms with Gasteiger partial charge in [-0.15, -0.1) is 11.3 Å². The van der Waals surface area contributed by atoms with Gasteiger partial charge in [0.05, 0.1) is 23.5 Å². The summed E-state index contributed by atoms with van der Waals surface area (Å²) < 4.78 is 0. The molecule has 5 heteroatoms. The van der Waals surface area contributed by atoms with Crippen molar-refractivity contribution in [3.05, 3.63) is 52.5 Å². The quantitative estimate of drug-likeness (QED) is 0.793. The monoisotopic (exact) mass is 325 g/mol. The van der Waals surface area contributed by atoms with Crippen LogP contribution in [0.3, 0.4) is 0 Å². The first kappa shape index (κ1) is 14.5. The van der Waals surface area contributed by atoms with Crippen molar-refractivity contribution in [2.45, 2.75) is 31.7 Å². The molecule has 23 heavy (non-hydrogen) atoms. The number of hydrogen-bond donors (Lipinski definition) is 1. The average Bonchev–Trinajstić information content (AvgIpc) is 3.23. The molecule has 1 atom stereocenters. The van der Waals surface area contributed by atoms with Crippen LogP contribution in [0.4, 0.5) is 0 Å². The number of rotatable bonds is 3. The van der Waals surface area contributed by atoms with Gasteiger partial charge in [0.2, 0.25) is 5.91 Å². The Kier molecular flexibility index (Phi) is 3.87. The summed E-state index contributed by atoms with van der Waals surface area (Å²) in [5.41, 5.74) is 2.01. The van der Waals surface area contributed by atoms with Gasteiger partial charge in [-0.3, -0.25) is 4.79 Å². The number of carbonyl (C=O) groups excluding carboxylic acids is 1. The third-order valence-electron chi connectivity index (χ3n) is 4.45. The number of benzene rings is 1. The Bertz CT molecular complexity index is 776. The Morgan fingerprint density at radius 2 is 2.17 bits per heavy atom. The van der Waals surface area contributed by atoms with Crippen LogP contribution in [0, 0.1) is 0 Å². The molecule has 2 aromatic heterocycles. The molecule has 1 aliphatic heterocycles. The lowest BCUT2D eigenvalue weighted by Gasteiger charge is -2.34. The van der Waals surface area contributed by atoms with Crippen molar-refractivity contribution >= 4 is 28.3 Å². The second-order valence-electron chi connectivity index (χ2n) is 5.99. The first-order valence-electron chi connectivity index (χ1n) is 8.08. The Labute approximate surface area is 139 Å². The second-order valence-corrected chi connectivity index (χ2v) is 7.03. The third-order valence-corrected chi connectivity index (χ3v) is 5.33. The fourth-order valence-electron chi connectivity index (χ4n) is 3.31. The molecule has 4 nitrogen and oxygen atoms in total. The number of thiophene rings is 1. The summed E-state index contributed by atoms with van der Waals surface area (Å²) in [4.78, 5) is 24.0. The zero-order chi connectivity index (χ0) is 15.6.